The Hall–Kier alpha value is -1.03. The van der Waals surface area contributed by atoms with Crippen molar-refractivity contribution in [3.8, 4) is 0 Å². The Kier molecular flexibility index (Phi) is 3.31. The van der Waals surface area contributed by atoms with E-state index in [1.165, 1.54) is 0 Å². The normalized spacial score (nSPS) is 13.2. The van der Waals surface area contributed by atoms with E-state index in [1.54, 1.807) is 28.5 Å². The minimum Gasteiger partial charge on any atom is -0.393 e. The summed E-state index contributed by atoms with van der Waals surface area (Å²) < 4.78 is 3.26. The Labute approximate surface area is 77.4 Å². The molecule has 0 saturated heterocycles. The van der Waals surface area contributed by atoms with Crippen LogP contribution in [-0.2, 0) is 13.1 Å². The van der Waals surface area contributed by atoms with Crippen molar-refractivity contribution in [1.29, 1.82) is 0 Å². The average molecular weight is 184 g/mol. The van der Waals surface area contributed by atoms with Gasteiger partial charge in [0.2, 0.25) is 0 Å². The molecule has 4 heteroatoms. The summed E-state index contributed by atoms with van der Waals surface area (Å²) in [6, 6.07) is 0. The van der Waals surface area contributed by atoms with Crippen molar-refractivity contribution in [2.45, 2.75) is 39.5 Å². The van der Waals surface area contributed by atoms with Crippen molar-refractivity contribution in [2.24, 2.45) is 0 Å². The van der Waals surface area contributed by atoms with Gasteiger partial charge in [-0.1, -0.05) is 0 Å². The number of aromatic nitrogens is 2. The first-order valence-electron chi connectivity index (χ1n) is 4.58. The van der Waals surface area contributed by atoms with E-state index in [4.69, 9.17) is 5.11 Å². The monoisotopic (exact) mass is 184 g/mol. The van der Waals surface area contributed by atoms with E-state index in [0.29, 0.717) is 19.5 Å². The lowest BCUT2D eigenvalue weighted by molar-refractivity contribution is 0.177. The Morgan fingerprint density at radius 2 is 2.08 bits per heavy atom. The topological polar surface area (TPSA) is 47.2 Å². The van der Waals surface area contributed by atoms with Gasteiger partial charge in [-0.3, -0.25) is 9.13 Å². The summed E-state index contributed by atoms with van der Waals surface area (Å²) in [5.74, 6) is 0. The number of imidazole rings is 1. The smallest absolute Gasteiger partial charge is 0.328 e. The zero-order chi connectivity index (χ0) is 9.84. The number of hydrogen-bond acceptors (Lipinski definition) is 2. The molecule has 74 valence electrons. The molecule has 0 aliphatic heterocycles. The Balaban J connectivity index is 2.68. The third-order valence-corrected chi connectivity index (χ3v) is 2.05. The van der Waals surface area contributed by atoms with Crippen molar-refractivity contribution >= 4 is 0 Å². The van der Waals surface area contributed by atoms with Crippen LogP contribution in [0.1, 0.15) is 20.3 Å². The number of rotatable bonds is 4. The fourth-order valence-corrected chi connectivity index (χ4v) is 1.19. The van der Waals surface area contributed by atoms with Gasteiger partial charge in [0.05, 0.1) is 6.10 Å². The van der Waals surface area contributed by atoms with Gasteiger partial charge in [-0.05, 0) is 20.3 Å². The second kappa shape index (κ2) is 4.28. The number of nitrogens with zero attached hydrogens (tertiary/aromatic N) is 2. The van der Waals surface area contributed by atoms with Crippen LogP contribution in [0.15, 0.2) is 17.2 Å². The molecule has 1 atom stereocenters. The molecule has 1 rings (SSSR count). The van der Waals surface area contributed by atoms with Crippen LogP contribution in [0.4, 0.5) is 0 Å². The molecular formula is C9H16N2O2. The molecule has 0 bridgehead atoms. The van der Waals surface area contributed by atoms with Crippen LogP contribution in [0, 0.1) is 0 Å². The highest BCUT2D eigenvalue weighted by Gasteiger charge is 2.02. The molecule has 0 saturated carbocycles. The maximum absolute atomic E-state index is 11.5. The van der Waals surface area contributed by atoms with E-state index < -0.39 is 0 Å². The van der Waals surface area contributed by atoms with Gasteiger partial charge in [0, 0.05) is 25.5 Å². The van der Waals surface area contributed by atoms with E-state index in [1.807, 2.05) is 6.92 Å². The SMILES string of the molecule is CCn1ccn(CCC(C)O)c1=O. The Morgan fingerprint density at radius 1 is 1.46 bits per heavy atom. The minimum atomic E-state index is -0.350. The predicted molar refractivity (Wildman–Crippen MR) is 50.7 cm³/mol. The molecule has 0 spiro atoms. The zero-order valence-corrected chi connectivity index (χ0v) is 8.10. The second-order valence-electron chi connectivity index (χ2n) is 3.20. The third kappa shape index (κ3) is 2.45. The molecule has 1 aromatic rings. The first kappa shape index (κ1) is 10.1. The molecule has 1 unspecified atom stereocenters. The van der Waals surface area contributed by atoms with Crippen molar-refractivity contribution in [3.05, 3.63) is 22.9 Å². The highest BCUT2D eigenvalue weighted by molar-refractivity contribution is 4.81. The lowest BCUT2D eigenvalue weighted by atomic mass is 10.3. The Morgan fingerprint density at radius 3 is 2.54 bits per heavy atom. The lowest BCUT2D eigenvalue weighted by Crippen LogP contribution is -2.24. The van der Waals surface area contributed by atoms with Crippen LogP contribution < -0.4 is 5.69 Å². The standard InChI is InChI=1S/C9H16N2O2/c1-3-10-6-7-11(9(10)13)5-4-8(2)12/h6-8,12H,3-5H2,1-2H3. The lowest BCUT2D eigenvalue weighted by Gasteiger charge is -2.03. The molecule has 4 nitrogen and oxygen atoms in total. The van der Waals surface area contributed by atoms with Crippen LogP contribution in [-0.4, -0.2) is 20.3 Å². The van der Waals surface area contributed by atoms with Gasteiger partial charge in [-0.2, -0.15) is 0 Å². The van der Waals surface area contributed by atoms with Crippen LogP contribution >= 0.6 is 0 Å². The summed E-state index contributed by atoms with van der Waals surface area (Å²) in [5.41, 5.74) is 0.00292. The van der Waals surface area contributed by atoms with E-state index >= 15 is 0 Å². The molecule has 1 N–H and O–H groups in total. The van der Waals surface area contributed by atoms with Gasteiger partial charge in [0.25, 0.3) is 0 Å². The van der Waals surface area contributed by atoms with Crippen molar-refractivity contribution in [1.82, 2.24) is 9.13 Å². The summed E-state index contributed by atoms with van der Waals surface area (Å²) in [6.07, 6.45) is 3.79. The van der Waals surface area contributed by atoms with Crippen LogP contribution in [0.5, 0.6) is 0 Å². The van der Waals surface area contributed by atoms with Gasteiger partial charge in [-0.25, -0.2) is 4.79 Å². The molecule has 1 aromatic heterocycles. The maximum Gasteiger partial charge on any atom is 0.328 e. The van der Waals surface area contributed by atoms with E-state index in [-0.39, 0.29) is 11.8 Å². The molecule has 0 aliphatic carbocycles. The average Bonchev–Trinajstić information content (AvgIpc) is 2.43. The molecule has 13 heavy (non-hydrogen) atoms. The molecule has 0 aliphatic rings. The molecule has 0 radical (unpaired) electrons. The highest BCUT2D eigenvalue weighted by Crippen LogP contribution is 1.93. The summed E-state index contributed by atoms with van der Waals surface area (Å²) >= 11 is 0. The van der Waals surface area contributed by atoms with Gasteiger partial charge in [0.15, 0.2) is 0 Å². The largest absolute Gasteiger partial charge is 0.393 e. The Bertz CT molecular complexity index is 312. The third-order valence-electron chi connectivity index (χ3n) is 2.05. The molecule has 0 fully saturated rings. The van der Waals surface area contributed by atoms with Crippen LogP contribution in [0.25, 0.3) is 0 Å². The number of hydrogen-bond donors (Lipinski definition) is 1. The molecule has 1 heterocycles. The van der Waals surface area contributed by atoms with E-state index in [0.717, 1.165) is 0 Å². The zero-order valence-electron chi connectivity index (χ0n) is 8.10. The van der Waals surface area contributed by atoms with Gasteiger partial charge in [-0.15, -0.1) is 0 Å². The quantitative estimate of drug-likeness (QED) is 0.738. The summed E-state index contributed by atoms with van der Waals surface area (Å²) in [6.45, 7) is 4.94. The molecular weight excluding hydrogens is 168 g/mol. The molecule has 0 aromatic carbocycles. The van der Waals surface area contributed by atoms with Crippen molar-refractivity contribution in [2.75, 3.05) is 0 Å². The molecule has 0 amide bonds. The van der Waals surface area contributed by atoms with Gasteiger partial charge in [0.1, 0.15) is 0 Å². The number of aliphatic hydroxyl groups is 1. The van der Waals surface area contributed by atoms with E-state index in [2.05, 4.69) is 0 Å². The fraction of sp³-hybridized carbons (Fsp3) is 0.667. The van der Waals surface area contributed by atoms with E-state index in [9.17, 15) is 4.79 Å². The van der Waals surface area contributed by atoms with Crippen molar-refractivity contribution < 1.29 is 5.11 Å². The predicted octanol–water partition coefficient (Wildman–Crippen LogP) is 0.441. The maximum atomic E-state index is 11.5. The highest BCUT2D eigenvalue weighted by atomic mass is 16.3. The minimum absolute atomic E-state index is 0.00292. The number of aryl methyl sites for hydroxylation is 2. The van der Waals surface area contributed by atoms with Crippen LogP contribution in [0.2, 0.25) is 0 Å². The van der Waals surface area contributed by atoms with Crippen LogP contribution in [0.3, 0.4) is 0 Å². The summed E-state index contributed by atoms with van der Waals surface area (Å²) in [4.78, 5) is 11.5. The van der Waals surface area contributed by atoms with Gasteiger partial charge < -0.3 is 5.11 Å². The van der Waals surface area contributed by atoms with Crippen molar-refractivity contribution in [3.63, 3.8) is 0 Å². The fourth-order valence-electron chi connectivity index (χ4n) is 1.19. The first-order chi connectivity index (χ1) is 6.15. The second-order valence-corrected chi connectivity index (χ2v) is 3.20. The first-order valence-corrected chi connectivity index (χ1v) is 4.58. The number of aliphatic hydroxyl groups excluding tert-OH is 1. The van der Waals surface area contributed by atoms with Gasteiger partial charge >= 0.3 is 5.69 Å². The summed E-state index contributed by atoms with van der Waals surface area (Å²) in [5, 5.41) is 9.05. The summed E-state index contributed by atoms with van der Waals surface area (Å²) in [7, 11) is 0.